The lowest BCUT2D eigenvalue weighted by Crippen LogP contribution is -2.19. The lowest BCUT2D eigenvalue weighted by molar-refractivity contribution is -0.385. The van der Waals surface area contributed by atoms with Crippen LogP contribution in [0.4, 0.5) is 5.69 Å². The van der Waals surface area contributed by atoms with Gasteiger partial charge in [0.2, 0.25) is 5.75 Å². The first-order valence-electron chi connectivity index (χ1n) is 8.77. The van der Waals surface area contributed by atoms with Gasteiger partial charge in [0.05, 0.1) is 19.1 Å². The number of hydrogen-bond donors (Lipinski definition) is 0. The fourth-order valence-corrected chi connectivity index (χ4v) is 2.13. The van der Waals surface area contributed by atoms with Gasteiger partial charge in [-0.15, -0.1) is 0 Å². The highest BCUT2D eigenvalue weighted by atomic mass is 32.3. The summed E-state index contributed by atoms with van der Waals surface area (Å²) in [7, 11) is 2.22. The molecule has 0 aliphatic heterocycles. The molecule has 0 amide bonds. The molecule has 11 heteroatoms. The van der Waals surface area contributed by atoms with Gasteiger partial charge >= 0.3 is 16.1 Å². The molecule has 2 rings (SSSR count). The summed E-state index contributed by atoms with van der Waals surface area (Å²) in [5, 5.41) is 11.1. The van der Waals surface area contributed by atoms with Crippen LogP contribution in [0.25, 0.3) is 0 Å². The highest BCUT2D eigenvalue weighted by Crippen LogP contribution is 2.31. The number of ether oxygens (including phenoxy) is 2. The van der Waals surface area contributed by atoms with E-state index in [2.05, 4.69) is 8.37 Å². The predicted molar refractivity (Wildman–Crippen MR) is 111 cm³/mol. The maximum atomic E-state index is 11.1. The first kappa shape index (κ1) is 25.3. The van der Waals surface area contributed by atoms with Crippen molar-refractivity contribution in [2.75, 3.05) is 41.5 Å². The van der Waals surface area contributed by atoms with Crippen molar-refractivity contribution in [2.24, 2.45) is 0 Å². The number of benzene rings is 2. The largest absolute Gasteiger partial charge is 0.489 e. The van der Waals surface area contributed by atoms with Gasteiger partial charge in [-0.05, 0) is 25.7 Å². The summed E-state index contributed by atoms with van der Waals surface area (Å²) in [5.41, 5.74) is 0.969. The molecule has 0 N–H and O–H groups in total. The summed E-state index contributed by atoms with van der Waals surface area (Å²) >= 11 is 0. The number of rotatable bonds is 10. The van der Waals surface area contributed by atoms with E-state index in [1.807, 2.05) is 49.3 Å². The SMILES string of the molecule is CN(C)CCOc1cc(OCc2ccccc2)ccc1[N+](=O)[O-].COS(=O)(=O)OC. The Kier molecular flexibility index (Phi) is 10.8. The van der Waals surface area contributed by atoms with Crippen LogP contribution in [0.3, 0.4) is 0 Å². The molecule has 0 aliphatic rings. The molecule has 0 spiro atoms. The molecule has 2 aromatic rings. The van der Waals surface area contributed by atoms with Gasteiger partial charge in [0.25, 0.3) is 0 Å². The van der Waals surface area contributed by atoms with Gasteiger partial charge in [-0.3, -0.25) is 18.5 Å². The van der Waals surface area contributed by atoms with Crippen molar-refractivity contribution in [1.82, 2.24) is 4.90 Å². The van der Waals surface area contributed by atoms with Gasteiger partial charge in [0.15, 0.2) is 0 Å². The van der Waals surface area contributed by atoms with Crippen LogP contribution in [0, 0.1) is 10.1 Å². The summed E-state index contributed by atoms with van der Waals surface area (Å²) in [4.78, 5) is 12.6. The third-order valence-electron chi connectivity index (χ3n) is 3.58. The van der Waals surface area contributed by atoms with Crippen molar-refractivity contribution < 1.29 is 31.2 Å². The Hall–Kier alpha value is -2.73. The molecule has 0 aliphatic carbocycles. The van der Waals surface area contributed by atoms with Crippen LogP contribution in [0.5, 0.6) is 11.5 Å². The van der Waals surface area contributed by atoms with Crippen LogP contribution >= 0.6 is 0 Å². The molecule has 0 radical (unpaired) electrons. The summed E-state index contributed by atoms with van der Waals surface area (Å²) < 4.78 is 38.7. The molecule has 0 saturated carbocycles. The zero-order valence-electron chi connectivity index (χ0n) is 17.3. The maximum Gasteiger partial charge on any atom is 0.399 e. The standard InChI is InChI=1S/C17H20N2O4.C2H6O4S/c1-18(2)10-11-22-17-12-15(8-9-16(17)19(20)21)23-13-14-6-4-3-5-7-14;1-5-7(3,4)6-2/h3-9,12H,10-11,13H2,1-2H3;1-2H3. The molecule has 0 atom stereocenters. The van der Waals surface area contributed by atoms with Crippen LogP contribution < -0.4 is 9.47 Å². The highest BCUT2D eigenvalue weighted by molar-refractivity contribution is 7.81. The smallest absolute Gasteiger partial charge is 0.399 e. The highest BCUT2D eigenvalue weighted by Gasteiger charge is 2.16. The van der Waals surface area contributed by atoms with E-state index in [1.165, 1.54) is 6.07 Å². The first-order chi connectivity index (χ1) is 14.2. The predicted octanol–water partition coefficient (Wildman–Crippen LogP) is 2.64. The second-order valence-electron chi connectivity index (χ2n) is 6.05. The monoisotopic (exact) mass is 442 g/mol. The van der Waals surface area contributed by atoms with Gasteiger partial charge in [-0.1, -0.05) is 30.3 Å². The number of nitro benzene ring substituents is 1. The molecule has 0 bridgehead atoms. The Morgan fingerprint density at radius 3 is 2.13 bits per heavy atom. The lowest BCUT2D eigenvalue weighted by Gasteiger charge is -2.12. The van der Waals surface area contributed by atoms with Gasteiger partial charge in [-0.25, -0.2) is 0 Å². The molecule has 0 unspecified atom stereocenters. The average Bonchev–Trinajstić information content (AvgIpc) is 2.73. The molecule has 166 valence electrons. The summed E-state index contributed by atoms with van der Waals surface area (Å²) in [6.07, 6.45) is 0. The molecule has 0 saturated heterocycles. The van der Waals surface area contributed by atoms with Crippen molar-refractivity contribution in [3.8, 4) is 11.5 Å². The van der Waals surface area contributed by atoms with Crippen molar-refractivity contribution >= 4 is 16.1 Å². The van der Waals surface area contributed by atoms with E-state index in [0.29, 0.717) is 25.5 Å². The third kappa shape index (κ3) is 9.65. The quantitative estimate of drug-likeness (QED) is 0.404. The van der Waals surface area contributed by atoms with E-state index in [1.54, 1.807) is 12.1 Å². The molecular weight excluding hydrogens is 416 g/mol. The Labute approximate surface area is 176 Å². The van der Waals surface area contributed by atoms with Crippen molar-refractivity contribution in [3.05, 3.63) is 64.2 Å². The lowest BCUT2D eigenvalue weighted by atomic mass is 10.2. The second kappa shape index (κ2) is 12.8. The van der Waals surface area contributed by atoms with Gasteiger partial charge in [0.1, 0.15) is 19.0 Å². The minimum absolute atomic E-state index is 0.0594. The van der Waals surface area contributed by atoms with Gasteiger partial charge in [0, 0.05) is 18.7 Å². The Morgan fingerprint density at radius 2 is 1.63 bits per heavy atom. The molecule has 30 heavy (non-hydrogen) atoms. The molecule has 0 fully saturated rings. The van der Waals surface area contributed by atoms with Crippen LogP contribution in [0.15, 0.2) is 48.5 Å². The average molecular weight is 442 g/mol. The number of hydrogen-bond acceptors (Lipinski definition) is 9. The van der Waals surface area contributed by atoms with Crippen LogP contribution in [-0.4, -0.2) is 59.7 Å². The first-order valence-corrected chi connectivity index (χ1v) is 10.1. The van der Waals surface area contributed by atoms with E-state index in [9.17, 15) is 18.5 Å². The van der Waals surface area contributed by atoms with Crippen LogP contribution in [0.1, 0.15) is 5.56 Å². The minimum atomic E-state index is -3.66. The van der Waals surface area contributed by atoms with Crippen molar-refractivity contribution in [2.45, 2.75) is 6.61 Å². The molecule has 0 aromatic heterocycles. The Balaban J connectivity index is 0.000000553. The topological polar surface area (TPSA) is 117 Å². The third-order valence-corrected chi connectivity index (χ3v) is 4.40. The van der Waals surface area contributed by atoms with Crippen LogP contribution in [-0.2, 0) is 25.4 Å². The minimum Gasteiger partial charge on any atom is -0.489 e. The summed E-state index contributed by atoms with van der Waals surface area (Å²) in [6, 6.07) is 14.3. The van der Waals surface area contributed by atoms with Crippen LogP contribution in [0.2, 0.25) is 0 Å². The number of likely N-dealkylation sites (N-methyl/N-ethyl adjacent to an activating group) is 1. The molecule has 10 nitrogen and oxygen atoms in total. The molecular formula is C19H26N2O8S. The maximum absolute atomic E-state index is 11.1. The normalized spacial score (nSPS) is 10.8. The number of nitro groups is 1. The fourth-order valence-electron chi connectivity index (χ4n) is 2.00. The van der Waals surface area contributed by atoms with E-state index >= 15 is 0 Å². The number of nitrogens with zero attached hydrogens (tertiary/aromatic N) is 2. The zero-order valence-corrected chi connectivity index (χ0v) is 18.1. The fraction of sp³-hybridized carbons (Fsp3) is 0.368. The van der Waals surface area contributed by atoms with E-state index in [-0.39, 0.29) is 11.4 Å². The van der Waals surface area contributed by atoms with E-state index in [4.69, 9.17) is 9.47 Å². The Bertz CT molecular complexity index is 879. The van der Waals surface area contributed by atoms with E-state index in [0.717, 1.165) is 19.8 Å². The van der Waals surface area contributed by atoms with E-state index < -0.39 is 15.3 Å². The van der Waals surface area contributed by atoms with Gasteiger partial charge < -0.3 is 14.4 Å². The van der Waals surface area contributed by atoms with Gasteiger partial charge in [-0.2, -0.15) is 8.42 Å². The Morgan fingerprint density at radius 1 is 1.00 bits per heavy atom. The van der Waals surface area contributed by atoms with Crippen molar-refractivity contribution in [3.63, 3.8) is 0 Å². The summed E-state index contributed by atoms with van der Waals surface area (Å²) in [5.74, 6) is 0.765. The summed E-state index contributed by atoms with van der Waals surface area (Å²) in [6.45, 7) is 1.44. The van der Waals surface area contributed by atoms with Crippen molar-refractivity contribution in [1.29, 1.82) is 0 Å². The molecule has 2 aromatic carbocycles. The second-order valence-corrected chi connectivity index (χ2v) is 7.54. The molecule has 0 heterocycles. The zero-order chi connectivity index (χ0) is 22.6.